The highest BCUT2D eigenvalue weighted by Crippen LogP contribution is 2.42. The minimum absolute atomic E-state index is 0.0757. The number of benzene rings is 2. The molecule has 1 amide bonds. The van der Waals surface area contributed by atoms with E-state index in [1.165, 1.54) is 12.3 Å². The maximum atomic E-state index is 12.6. The third-order valence-electron chi connectivity index (χ3n) is 5.31. The first-order chi connectivity index (χ1) is 14.1. The van der Waals surface area contributed by atoms with E-state index in [2.05, 4.69) is 15.0 Å². The van der Waals surface area contributed by atoms with Gasteiger partial charge in [-0.3, -0.25) is 4.79 Å². The third kappa shape index (κ3) is 4.11. The highest BCUT2D eigenvalue weighted by Gasteiger charge is 2.40. The van der Waals surface area contributed by atoms with Crippen molar-refractivity contribution < 1.29 is 18.3 Å². The smallest absolute Gasteiger partial charge is 0.388 e. The zero-order valence-corrected chi connectivity index (χ0v) is 15.6. The van der Waals surface area contributed by atoms with Gasteiger partial charge in [0.05, 0.1) is 5.54 Å². The van der Waals surface area contributed by atoms with E-state index in [0.29, 0.717) is 5.56 Å². The minimum Gasteiger partial charge on any atom is -0.417 e. The first-order valence-corrected chi connectivity index (χ1v) is 9.45. The van der Waals surface area contributed by atoms with Gasteiger partial charge >= 0.3 is 6.61 Å². The highest BCUT2D eigenvalue weighted by atomic mass is 19.3. The van der Waals surface area contributed by atoms with Gasteiger partial charge in [-0.05, 0) is 48.6 Å². The van der Waals surface area contributed by atoms with Gasteiger partial charge in [-0.15, -0.1) is 0 Å². The zero-order valence-electron chi connectivity index (χ0n) is 15.6. The van der Waals surface area contributed by atoms with Crippen molar-refractivity contribution >= 4 is 5.91 Å². The van der Waals surface area contributed by atoms with E-state index in [1.54, 1.807) is 18.2 Å². The number of nitrogens with zero attached hydrogens (tertiary/aromatic N) is 1. The largest absolute Gasteiger partial charge is 0.417 e. The molecule has 1 saturated carbocycles. The molecule has 0 atom stereocenters. The third-order valence-corrected chi connectivity index (χ3v) is 5.31. The number of carbonyl (C=O) groups excluding carboxylic acids is 1. The van der Waals surface area contributed by atoms with Crippen LogP contribution in [0.3, 0.4) is 0 Å². The lowest BCUT2D eigenvalue weighted by molar-refractivity contribution is -0.0528. The number of rotatable bonds is 6. The molecule has 0 aliphatic heterocycles. The fourth-order valence-corrected chi connectivity index (χ4v) is 3.59. The lowest BCUT2D eigenvalue weighted by Crippen LogP contribution is -2.50. The average molecular weight is 394 g/mol. The summed E-state index contributed by atoms with van der Waals surface area (Å²) in [5.74, 6) is -0.189. The monoisotopic (exact) mass is 394 g/mol. The first kappa shape index (κ1) is 19.1. The van der Waals surface area contributed by atoms with Gasteiger partial charge in [0.25, 0.3) is 5.91 Å². The SMILES string of the molecule is O=C(NC1(c2ccc(-c3ccc(OC(F)F)nc3)cc2)CCC1)c1ccccc1. The van der Waals surface area contributed by atoms with Crippen molar-refractivity contribution in [3.8, 4) is 17.0 Å². The number of halogens is 2. The van der Waals surface area contributed by atoms with Crippen molar-refractivity contribution in [2.24, 2.45) is 0 Å². The molecule has 0 saturated heterocycles. The molecule has 0 radical (unpaired) electrons. The van der Waals surface area contributed by atoms with E-state index >= 15 is 0 Å². The minimum atomic E-state index is -2.89. The topological polar surface area (TPSA) is 51.2 Å². The van der Waals surface area contributed by atoms with Crippen LogP contribution in [0, 0.1) is 0 Å². The van der Waals surface area contributed by atoms with Gasteiger partial charge in [-0.1, -0.05) is 42.5 Å². The number of hydrogen-bond donors (Lipinski definition) is 1. The molecule has 2 aromatic carbocycles. The summed E-state index contributed by atoms with van der Waals surface area (Å²) in [7, 11) is 0. The van der Waals surface area contributed by atoms with Crippen molar-refractivity contribution in [2.75, 3.05) is 0 Å². The van der Waals surface area contributed by atoms with Gasteiger partial charge in [-0.25, -0.2) is 4.98 Å². The summed E-state index contributed by atoms with van der Waals surface area (Å²) in [5, 5.41) is 3.21. The molecule has 4 nitrogen and oxygen atoms in total. The predicted octanol–water partition coefficient (Wildman–Crippen LogP) is 5.16. The molecule has 1 aliphatic carbocycles. The lowest BCUT2D eigenvalue weighted by atomic mass is 9.71. The fraction of sp³-hybridized carbons (Fsp3) is 0.217. The number of amides is 1. The van der Waals surface area contributed by atoms with Crippen molar-refractivity contribution in [3.05, 3.63) is 84.1 Å². The first-order valence-electron chi connectivity index (χ1n) is 9.45. The number of nitrogens with one attached hydrogen (secondary N) is 1. The van der Waals surface area contributed by atoms with Gasteiger partial charge in [0.15, 0.2) is 0 Å². The van der Waals surface area contributed by atoms with Crippen LogP contribution in [0.15, 0.2) is 72.9 Å². The van der Waals surface area contributed by atoms with Crippen LogP contribution in [0.5, 0.6) is 5.88 Å². The van der Waals surface area contributed by atoms with Crippen LogP contribution in [0.4, 0.5) is 8.78 Å². The second-order valence-corrected chi connectivity index (χ2v) is 7.10. The van der Waals surface area contributed by atoms with E-state index in [0.717, 1.165) is 36.0 Å². The summed E-state index contributed by atoms with van der Waals surface area (Å²) in [6.07, 6.45) is 4.35. The van der Waals surface area contributed by atoms with Crippen LogP contribution < -0.4 is 10.1 Å². The number of alkyl halides is 2. The number of aromatic nitrogens is 1. The lowest BCUT2D eigenvalue weighted by Gasteiger charge is -2.43. The van der Waals surface area contributed by atoms with Gasteiger partial charge in [0.1, 0.15) is 0 Å². The van der Waals surface area contributed by atoms with E-state index in [1.807, 2.05) is 42.5 Å². The van der Waals surface area contributed by atoms with Crippen molar-refractivity contribution in [3.63, 3.8) is 0 Å². The molecule has 1 N–H and O–H groups in total. The Hall–Kier alpha value is -3.28. The highest BCUT2D eigenvalue weighted by molar-refractivity contribution is 5.94. The van der Waals surface area contributed by atoms with Crippen LogP contribution >= 0.6 is 0 Å². The van der Waals surface area contributed by atoms with E-state index < -0.39 is 6.61 Å². The average Bonchev–Trinajstić information content (AvgIpc) is 2.71. The molecule has 29 heavy (non-hydrogen) atoms. The molecule has 1 heterocycles. The molecule has 0 unspecified atom stereocenters. The van der Waals surface area contributed by atoms with Crippen LogP contribution in [-0.2, 0) is 5.54 Å². The molecule has 148 valence electrons. The Morgan fingerprint density at radius 1 is 0.966 bits per heavy atom. The quantitative estimate of drug-likeness (QED) is 0.628. The number of hydrogen-bond acceptors (Lipinski definition) is 3. The maximum Gasteiger partial charge on any atom is 0.388 e. The summed E-state index contributed by atoms with van der Waals surface area (Å²) in [6, 6.07) is 20.2. The van der Waals surface area contributed by atoms with Crippen LogP contribution in [-0.4, -0.2) is 17.5 Å². The van der Waals surface area contributed by atoms with E-state index in [4.69, 9.17) is 0 Å². The van der Waals surface area contributed by atoms with Crippen LogP contribution in [0.25, 0.3) is 11.1 Å². The Morgan fingerprint density at radius 3 is 2.21 bits per heavy atom. The Bertz CT molecular complexity index is 970. The molecule has 6 heteroatoms. The summed E-state index contributed by atoms with van der Waals surface area (Å²) in [4.78, 5) is 16.5. The van der Waals surface area contributed by atoms with Gasteiger partial charge in [0.2, 0.25) is 5.88 Å². The van der Waals surface area contributed by atoms with Crippen molar-refractivity contribution in [1.82, 2.24) is 10.3 Å². The zero-order chi connectivity index (χ0) is 20.3. The maximum absolute atomic E-state index is 12.6. The molecular formula is C23H20F2N2O2. The summed E-state index contributed by atoms with van der Waals surface area (Å²) in [6.45, 7) is -2.89. The molecule has 0 spiro atoms. The molecule has 1 fully saturated rings. The number of pyridine rings is 1. The van der Waals surface area contributed by atoms with E-state index in [9.17, 15) is 13.6 Å². The standard InChI is InChI=1S/C23H20F2N2O2/c24-22(25)29-20-12-9-18(15-26-20)16-7-10-19(11-8-16)23(13-4-14-23)27-21(28)17-5-2-1-3-6-17/h1-3,5-12,15,22H,4,13-14H2,(H,27,28). The number of carbonyl (C=O) groups is 1. The molecule has 3 aromatic rings. The second-order valence-electron chi connectivity index (χ2n) is 7.10. The fourth-order valence-electron chi connectivity index (χ4n) is 3.59. The normalized spacial score (nSPS) is 14.9. The molecular weight excluding hydrogens is 374 g/mol. The second kappa shape index (κ2) is 7.99. The van der Waals surface area contributed by atoms with Crippen LogP contribution in [0.2, 0.25) is 0 Å². The van der Waals surface area contributed by atoms with Gasteiger partial charge < -0.3 is 10.1 Å². The molecule has 0 bridgehead atoms. The van der Waals surface area contributed by atoms with Crippen molar-refractivity contribution in [2.45, 2.75) is 31.4 Å². The van der Waals surface area contributed by atoms with Gasteiger partial charge in [-0.2, -0.15) is 8.78 Å². The Labute approximate surface area is 167 Å². The number of ether oxygens (including phenoxy) is 1. The Kier molecular flexibility index (Phi) is 5.25. The Morgan fingerprint density at radius 2 is 1.66 bits per heavy atom. The van der Waals surface area contributed by atoms with E-state index in [-0.39, 0.29) is 17.3 Å². The molecule has 1 aromatic heterocycles. The predicted molar refractivity (Wildman–Crippen MR) is 106 cm³/mol. The summed E-state index contributed by atoms with van der Waals surface area (Å²) in [5.41, 5.74) is 3.07. The summed E-state index contributed by atoms with van der Waals surface area (Å²) >= 11 is 0. The van der Waals surface area contributed by atoms with Gasteiger partial charge in [0, 0.05) is 23.4 Å². The molecule has 4 rings (SSSR count). The Balaban J connectivity index is 1.51. The molecule has 1 aliphatic rings. The van der Waals surface area contributed by atoms with Crippen molar-refractivity contribution in [1.29, 1.82) is 0 Å². The summed E-state index contributed by atoms with van der Waals surface area (Å²) < 4.78 is 28.8. The van der Waals surface area contributed by atoms with Crippen LogP contribution in [0.1, 0.15) is 35.2 Å².